The molecule has 1 unspecified atom stereocenters. The van der Waals surface area contributed by atoms with E-state index in [1.54, 1.807) is 0 Å². The summed E-state index contributed by atoms with van der Waals surface area (Å²) in [5, 5.41) is 0. The molecule has 47 heavy (non-hydrogen) atoms. The molecule has 0 heterocycles. The van der Waals surface area contributed by atoms with Gasteiger partial charge < -0.3 is 0 Å². The van der Waals surface area contributed by atoms with Gasteiger partial charge in [0.2, 0.25) is 0 Å². The molecule has 284 valence electrons. The van der Waals surface area contributed by atoms with E-state index in [0.717, 1.165) is 20.8 Å². The van der Waals surface area contributed by atoms with E-state index in [2.05, 4.69) is 0 Å². The Morgan fingerprint density at radius 2 is 0.574 bits per heavy atom. The second-order valence-electron chi connectivity index (χ2n) is 11.2. The summed E-state index contributed by atoms with van der Waals surface area (Å²) in [7, 11) is -7.31. The standard InChI is InChI=1S/C20H17F26P/c1-7(5-8(2,3)4)6-47(19(43,44)15(33,34)11(25,26)9(21,22)13(29,30)17(37,38)39)20(45,46)16(35,36)12(27,28)10(23,24)14(31,32)18(40,41)42/h7H,5-6H2,1-4H3. The molecule has 0 saturated heterocycles. The SMILES string of the molecule is CC(CP(C(F)(F)C(F)(F)C(F)(F)C(F)(F)C(F)(F)C(F)(F)F)C(F)(F)C(F)(F)C(F)(F)C(F)(F)C(F)(F)C(F)(F)F)CC(C)(C)C. The molecule has 0 N–H and O–H groups in total. The van der Waals surface area contributed by atoms with Crippen molar-refractivity contribution in [3.05, 3.63) is 0 Å². The number of alkyl halides is 26. The topological polar surface area (TPSA) is 0 Å². The lowest BCUT2D eigenvalue weighted by Crippen LogP contribution is -2.72. The van der Waals surface area contributed by atoms with E-state index >= 15 is 0 Å². The molecule has 0 aliphatic heterocycles. The third-order valence-corrected chi connectivity index (χ3v) is 8.87. The average molecular weight is 782 g/mol. The Labute approximate surface area is 245 Å². The van der Waals surface area contributed by atoms with Crippen LogP contribution < -0.4 is 0 Å². The van der Waals surface area contributed by atoms with Crippen molar-refractivity contribution in [3.8, 4) is 0 Å². The maximum Gasteiger partial charge on any atom is 0.460 e. The molecule has 0 aromatic heterocycles. The second kappa shape index (κ2) is 11.9. The average Bonchev–Trinajstić information content (AvgIpc) is 2.78. The summed E-state index contributed by atoms with van der Waals surface area (Å²) in [4.78, 5) is 0. The molecule has 0 aromatic rings. The van der Waals surface area contributed by atoms with E-state index in [1.165, 1.54) is 0 Å². The first kappa shape index (κ1) is 45.6. The van der Waals surface area contributed by atoms with Crippen LogP contribution in [-0.4, -0.2) is 77.2 Å². The Morgan fingerprint density at radius 3 is 0.766 bits per heavy atom. The summed E-state index contributed by atoms with van der Waals surface area (Å²) >= 11 is 0. The normalized spacial score (nSPS) is 17.4. The molecular weight excluding hydrogens is 765 g/mol. The number of hydrogen-bond acceptors (Lipinski definition) is 0. The van der Waals surface area contributed by atoms with Crippen LogP contribution in [-0.2, 0) is 0 Å². The lowest BCUT2D eigenvalue weighted by molar-refractivity contribution is -0.436. The minimum atomic E-state index is -9.00. The third kappa shape index (κ3) is 6.74. The van der Waals surface area contributed by atoms with Crippen molar-refractivity contribution in [1.29, 1.82) is 0 Å². The predicted molar refractivity (Wildman–Crippen MR) is 107 cm³/mol. The molecule has 0 spiro atoms. The van der Waals surface area contributed by atoms with Crippen molar-refractivity contribution in [2.45, 2.75) is 105 Å². The lowest BCUT2D eigenvalue weighted by Gasteiger charge is -2.47. The molecule has 27 heteroatoms. The zero-order valence-electron chi connectivity index (χ0n) is 22.8. The summed E-state index contributed by atoms with van der Waals surface area (Å²) in [6.45, 7) is 3.06. The van der Waals surface area contributed by atoms with Gasteiger partial charge in [-0.15, -0.1) is 0 Å². The van der Waals surface area contributed by atoms with Gasteiger partial charge >= 0.3 is 71.1 Å². The van der Waals surface area contributed by atoms with Crippen molar-refractivity contribution in [2.24, 2.45) is 11.3 Å². The summed E-state index contributed by atoms with van der Waals surface area (Å²) < 4.78 is 354. The molecule has 0 bridgehead atoms. The zero-order chi connectivity index (χ0) is 39.1. The maximum absolute atomic E-state index is 14.9. The summed E-state index contributed by atoms with van der Waals surface area (Å²) in [5.41, 5.74) is -18.3. The van der Waals surface area contributed by atoms with Crippen molar-refractivity contribution >= 4 is 7.92 Å². The minimum Gasteiger partial charge on any atom is -0.194 e. The molecule has 0 nitrogen and oxygen atoms in total. The van der Waals surface area contributed by atoms with Crippen LogP contribution in [0.25, 0.3) is 0 Å². The van der Waals surface area contributed by atoms with Crippen LogP contribution in [0.3, 0.4) is 0 Å². The lowest BCUT2D eigenvalue weighted by atomic mass is 9.86. The Hall–Kier alpha value is -1.39. The van der Waals surface area contributed by atoms with Gasteiger partial charge in [0.15, 0.2) is 0 Å². The fourth-order valence-electron chi connectivity index (χ4n) is 3.69. The highest BCUT2D eigenvalue weighted by atomic mass is 31.1. The summed E-state index contributed by atoms with van der Waals surface area (Å²) in [6.07, 6.45) is -20.3. The van der Waals surface area contributed by atoms with Gasteiger partial charge in [0.1, 0.15) is 0 Å². The Kier molecular flexibility index (Phi) is 11.5. The van der Waals surface area contributed by atoms with Crippen LogP contribution in [0.15, 0.2) is 0 Å². The monoisotopic (exact) mass is 782 g/mol. The highest BCUT2D eigenvalue weighted by molar-refractivity contribution is 7.60. The van der Waals surface area contributed by atoms with Crippen molar-refractivity contribution in [2.75, 3.05) is 6.16 Å². The van der Waals surface area contributed by atoms with E-state index in [-0.39, 0.29) is 6.92 Å². The van der Waals surface area contributed by atoms with Crippen molar-refractivity contribution in [1.82, 2.24) is 0 Å². The highest BCUT2D eigenvalue weighted by Gasteiger charge is 2.95. The summed E-state index contributed by atoms with van der Waals surface area (Å²) in [5.74, 6) is -73.0. The van der Waals surface area contributed by atoms with Crippen LogP contribution in [0, 0.1) is 11.3 Å². The molecule has 0 radical (unpaired) electrons. The van der Waals surface area contributed by atoms with Gasteiger partial charge in [-0.25, -0.2) is 0 Å². The van der Waals surface area contributed by atoms with E-state index < -0.39 is 103 Å². The number of hydrogen-bond donors (Lipinski definition) is 0. The number of rotatable bonds is 13. The fraction of sp³-hybridized carbons (Fsp3) is 1.00. The van der Waals surface area contributed by atoms with Crippen molar-refractivity contribution < 1.29 is 114 Å². The Balaban J connectivity index is 7.90. The van der Waals surface area contributed by atoms with Crippen LogP contribution in [0.4, 0.5) is 114 Å². The molecule has 0 aliphatic carbocycles. The molecule has 0 saturated carbocycles. The quantitative estimate of drug-likeness (QED) is 0.129. The van der Waals surface area contributed by atoms with Gasteiger partial charge in [-0.2, -0.15) is 114 Å². The first-order chi connectivity index (χ1) is 19.7. The van der Waals surface area contributed by atoms with Gasteiger partial charge in [-0.1, -0.05) is 27.7 Å². The first-order valence-corrected chi connectivity index (χ1v) is 13.0. The fourth-order valence-corrected chi connectivity index (χ4v) is 6.21. The second-order valence-corrected chi connectivity index (χ2v) is 13.5. The third-order valence-electron chi connectivity index (χ3n) is 5.97. The zero-order valence-corrected chi connectivity index (χ0v) is 23.7. The van der Waals surface area contributed by atoms with Crippen LogP contribution in [0.2, 0.25) is 0 Å². The van der Waals surface area contributed by atoms with Gasteiger partial charge in [0, 0.05) is 0 Å². The Bertz CT molecular complexity index is 1020. The van der Waals surface area contributed by atoms with Gasteiger partial charge in [0.05, 0.1) is 7.92 Å². The molecule has 0 fully saturated rings. The van der Waals surface area contributed by atoms with Gasteiger partial charge in [-0.05, 0) is 23.9 Å². The molecule has 0 amide bonds. The molecule has 0 aromatic carbocycles. The largest absolute Gasteiger partial charge is 0.460 e. The summed E-state index contributed by atoms with van der Waals surface area (Å²) in [6, 6.07) is 0. The van der Waals surface area contributed by atoms with Crippen LogP contribution in [0.5, 0.6) is 0 Å². The molecular formula is C20H17F26P. The first-order valence-electron chi connectivity index (χ1n) is 11.4. The molecule has 0 rings (SSSR count). The smallest absolute Gasteiger partial charge is 0.194 e. The van der Waals surface area contributed by atoms with E-state index in [0.29, 0.717) is 0 Å². The van der Waals surface area contributed by atoms with Crippen molar-refractivity contribution in [3.63, 3.8) is 0 Å². The van der Waals surface area contributed by atoms with Crippen LogP contribution >= 0.6 is 7.92 Å². The highest BCUT2D eigenvalue weighted by Crippen LogP contribution is 2.77. The van der Waals surface area contributed by atoms with E-state index in [1.807, 2.05) is 0 Å². The molecule has 1 atom stereocenters. The Morgan fingerprint density at radius 1 is 0.362 bits per heavy atom. The number of halogens is 26. The minimum absolute atomic E-state index is 0.206. The predicted octanol–water partition coefficient (Wildman–Crippen LogP) is 11.9. The molecule has 0 aliphatic rings. The van der Waals surface area contributed by atoms with Gasteiger partial charge in [-0.3, -0.25) is 0 Å². The van der Waals surface area contributed by atoms with E-state index in [9.17, 15) is 114 Å². The van der Waals surface area contributed by atoms with Gasteiger partial charge in [0.25, 0.3) is 0 Å². The van der Waals surface area contributed by atoms with Crippen LogP contribution in [0.1, 0.15) is 34.1 Å². The van der Waals surface area contributed by atoms with E-state index in [4.69, 9.17) is 0 Å². The maximum atomic E-state index is 14.9.